The van der Waals surface area contributed by atoms with Crippen LogP contribution in [0.15, 0.2) is 30.3 Å². The number of nitrogens with one attached hydrogen (secondary N) is 1. The third-order valence-electron chi connectivity index (χ3n) is 4.94. The Hall–Kier alpha value is -0.990. The second-order valence-corrected chi connectivity index (χ2v) is 8.31. The smallest absolute Gasteiger partial charge is 0.279 e. The maximum atomic E-state index is 12.7. The molecular weight excluding hydrogens is 326 g/mol. The average Bonchev–Trinajstić information content (AvgIpc) is 3.24. The quantitative estimate of drug-likeness (QED) is 0.795. The van der Waals surface area contributed by atoms with Gasteiger partial charge in [-0.25, -0.2) is 0 Å². The Labute approximate surface area is 145 Å². The van der Waals surface area contributed by atoms with Crippen molar-refractivity contribution in [3.8, 4) is 0 Å². The zero-order chi connectivity index (χ0) is 17.0. The SMILES string of the molecule is COCCN1C[C@H](NS(=O)(=O)N2CCCC2)[C@@H](c2ccccc2)C1. The Bertz CT molecular complexity index is 617. The molecule has 1 N–H and O–H groups in total. The molecule has 0 amide bonds. The first-order chi connectivity index (χ1) is 11.6. The van der Waals surface area contributed by atoms with Gasteiger partial charge in [-0.2, -0.15) is 17.4 Å². The van der Waals surface area contributed by atoms with Gasteiger partial charge in [0.15, 0.2) is 0 Å². The van der Waals surface area contributed by atoms with Crippen molar-refractivity contribution in [3.05, 3.63) is 35.9 Å². The molecule has 0 bridgehead atoms. The van der Waals surface area contributed by atoms with E-state index >= 15 is 0 Å². The van der Waals surface area contributed by atoms with Crippen LogP contribution in [0.25, 0.3) is 0 Å². The molecule has 1 aromatic rings. The van der Waals surface area contributed by atoms with E-state index in [0.29, 0.717) is 19.7 Å². The molecule has 2 saturated heterocycles. The fourth-order valence-corrected chi connectivity index (χ4v) is 5.15. The van der Waals surface area contributed by atoms with Gasteiger partial charge in [-0.05, 0) is 18.4 Å². The number of nitrogens with zero attached hydrogens (tertiary/aromatic N) is 2. The number of hydrogen-bond donors (Lipinski definition) is 1. The van der Waals surface area contributed by atoms with Crippen LogP contribution in [-0.4, -0.2) is 70.1 Å². The molecule has 2 aliphatic heterocycles. The molecule has 2 fully saturated rings. The van der Waals surface area contributed by atoms with E-state index in [0.717, 1.165) is 32.5 Å². The van der Waals surface area contributed by atoms with Gasteiger partial charge in [-0.3, -0.25) is 4.90 Å². The molecule has 1 aromatic carbocycles. The van der Waals surface area contributed by atoms with Crippen molar-refractivity contribution in [2.45, 2.75) is 24.8 Å². The summed E-state index contributed by atoms with van der Waals surface area (Å²) in [6.45, 7) is 4.31. The van der Waals surface area contributed by atoms with E-state index in [4.69, 9.17) is 4.74 Å². The van der Waals surface area contributed by atoms with Gasteiger partial charge in [0.1, 0.15) is 0 Å². The maximum absolute atomic E-state index is 12.7. The van der Waals surface area contributed by atoms with Gasteiger partial charge in [0.25, 0.3) is 10.2 Å². The van der Waals surface area contributed by atoms with Crippen molar-refractivity contribution in [2.75, 3.05) is 46.4 Å². The molecule has 0 spiro atoms. The first-order valence-corrected chi connectivity index (χ1v) is 10.1. The highest BCUT2D eigenvalue weighted by molar-refractivity contribution is 7.87. The predicted molar refractivity (Wildman–Crippen MR) is 94.1 cm³/mol. The van der Waals surface area contributed by atoms with Crippen LogP contribution < -0.4 is 4.72 Å². The van der Waals surface area contributed by atoms with E-state index in [1.165, 1.54) is 5.56 Å². The second kappa shape index (κ2) is 7.93. The molecule has 6 nitrogen and oxygen atoms in total. The predicted octanol–water partition coefficient (Wildman–Crippen LogP) is 1.03. The minimum atomic E-state index is -3.40. The Balaban J connectivity index is 1.74. The number of ether oxygens (including phenoxy) is 1. The lowest BCUT2D eigenvalue weighted by atomic mass is 9.95. The summed E-state index contributed by atoms with van der Waals surface area (Å²) in [5, 5.41) is 0. The number of benzene rings is 1. The van der Waals surface area contributed by atoms with Crippen molar-refractivity contribution < 1.29 is 13.2 Å². The molecule has 24 heavy (non-hydrogen) atoms. The minimum Gasteiger partial charge on any atom is -0.383 e. The van der Waals surface area contributed by atoms with Gasteiger partial charge in [-0.15, -0.1) is 0 Å². The van der Waals surface area contributed by atoms with E-state index in [1.54, 1.807) is 11.4 Å². The summed E-state index contributed by atoms with van der Waals surface area (Å²) < 4.78 is 35.0. The van der Waals surface area contributed by atoms with Crippen LogP contribution in [-0.2, 0) is 14.9 Å². The first-order valence-electron chi connectivity index (χ1n) is 8.64. The van der Waals surface area contributed by atoms with E-state index in [9.17, 15) is 8.42 Å². The molecule has 0 aromatic heterocycles. The summed E-state index contributed by atoms with van der Waals surface area (Å²) >= 11 is 0. The molecular formula is C17H27N3O3S. The van der Waals surface area contributed by atoms with E-state index in [2.05, 4.69) is 21.8 Å². The molecule has 2 aliphatic rings. The highest BCUT2D eigenvalue weighted by Crippen LogP contribution is 2.28. The largest absolute Gasteiger partial charge is 0.383 e. The molecule has 0 saturated carbocycles. The van der Waals surface area contributed by atoms with Crippen molar-refractivity contribution in [1.29, 1.82) is 0 Å². The highest BCUT2D eigenvalue weighted by Gasteiger charge is 2.38. The molecule has 2 atom stereocenters. The third-order valence-corrected chi connectivity index (χ3v) is 6.59. The molecule has 0 unspecified atom stereocenters. The summed E-state index contributed by atoms with van der Waals surface area (Å²) in [5.41, 5.74) is 1.19. The van der Waals surface area contributed by atoms with Crippen LogP contribution >= 0.6 is 0 Å². The van der Waals surface area contributed by atoms with Crippen LogP contribution in [0.1, 0.15) is 24.3 Å². The van der Waals surface area contributed by atoms with Gasteiger partial charge in [0.2, 0.25) is 0 Å². The Kier molecular flexibility index (Phi) is 5.89. The number of rotatable bonds is 7. The van der Waals surface area contributed by atoms with Crippen molar-refractivity contribution >= 4 is 10.2 Å². The fourth-order valence-electron chi connectivity index (χ4n) is 3.64. The minimum absolute atomic E-state index is 0.102. The summed E-state index contributed by atoms with van der Waals surface area (Å²) in [6.07, 6.45) is 1.90. The summed E-state index contributed by atoms with van der Waals surface area (Å²) in [6, 6.07) is 10.1. The Morgan fingerprint density at radius 3 is 2.54 bits per heavy atom. The molecule has 7 heteroatoms. The Morgan fingerprint density at radius 2 is 1.88 bits per heavy atom. The van der Waals surface area contributed by atoms with Crippen molar-refractivity contribution in [3.63, 3.8) is 0 Å². The standard InChI is InChI=1S/C17H27N3O3S/c1-23-12-11-19-13-16(15-7-3-2-4-8-15)17(14-19)18-24(21,22)20-9-5-6-10-20/h2-4,7-8,16-18H,5-6,9-14H2,1H3/t16-,17+/m1/s1. The molecule has 3 rings (SSSR count). The molecule has 134 valence electrons. The summed E-state index contributed by atoms with van der Waals surface area (Å²) in [5.74, 6) is 0.167. The molecule has 2 heterocycles. The summed E-state index contributed by atoms with van der Waals surface area (Å²) in [4.78, 5) is 2.28. The normalized spacial score (nSPS) is 26.2. The number of hydrogen-bond acceptors (Lipinski definition) is 4. The fraction of sp³-hybridized carbons (Fsp3) is 0.647. The lowest BCUT2D eigenvalue weighted by molar-refractivity contribution is 0.159. The van der Waals surface area contributed by atoms with Crippen LogP contribution in [0.4, 0.5) is 0 Å². The maximum Gasteiger partial charge on any atom is 0.279 e. The van der Waals surface area contributed by atoms with Crippen LogP contribution in [0, 0.1) is 0 Å². The second-order valence-electron chi connectivity index (χ2n) is 6.61. The number of likely N-dealkylation sites (tertiary alicyclic amines) is 1. The van der Waals surface area contributed by atoms with Gasteiger partial charge < -0.3 is 4.74 Å². The lowest BCUT2D eigenvalue weighted by Crippen LogP contribution is -2.47. The molecule has 0 radical (unpaired) electrons. The van der Waals surface area contributed by atoms with Crippen LogP contribution in [0.2, 0.25) is 0 Å². The van der Waals surface area contributed by atoms with Gasteiger partial charge in [0.05, 0.1) is 6.61 Å². The zero-order valence-corrected chi connectivity index (χ0v) is 15.0. The lowest BCUT2D eigenvalue weighted by Gasteiger charge is -2.24. The van der Waals surface area contributed by atoms with Crippen molar-refractivity contribution in [2.24, 2.45) is 0 Å². The molecule has 0 aliphatic carbocycles. The van der Waals surface area contributed by atoms with E-state index in [-0.39, 0.29) is 12.0 Å². The van der Waals surface area contributed by atoms with Crippen LogP contribution in [0.5, 0.6) is 0 Å². The van der Waals surface area contributed by atoms with E-state index in [1.807, 2.05) is 18.2 Å². The van der Waals surface area contributed by atoms with Crippen LogP contribution in [0.3, 0.4) is 0 Å². The van der Waals surface area contributed by atoms with Crippen molar-refractivity contribution in [1.82, 2.24) is 13.9 Å². The van der Waals surface area contributed by atoms with Gasteiger partial charge in [-0.1, -0.05) is 30.3 Å². The topological polar surface area (TPSA) is 61.9 Å². The number of methoxy groups -OCH3 is 1. The summed E-state index contributed by atoms with van der Waals surface area (Å²) in [7, 11) is -1.71. The first kappa shape index (κ1) is 17.8. The Morgan fingerprint density at radius 1 is 1.17 bits per heavy atom. The van der Waals surface area contributed by atoms with E-state index < -0.39 is 10.2 Å². The highest BCUT2D eigenvalue weighted by atomic mass is 32.2. The van der Waals surface area contributed by atoms with Gasteiger partial charge >= 0.3 is 0 Å². The van der Waals surface area contributed by atoms with Gasteiger partial charge in [0, 0.05) is 51.8 Å². The zero-order valence-electron chi connectivity index (χ0n) is 14.2. The third kappa shape index (κ3) is 4.15. The average molecular weight is 353 g/mol. The monoisotopic (exact) mass is 353 g/mol.